The highest BCUT2D eigenvalue weighted by Gasteiger charge is 2.31. The van der Waals surface area contributed by atoms with Crippen LogP contribution in [-0.2, 0) is 59.0 Å². The van der Waals surface area contributed by atoms with Crippen molar-refractivity contribution in [2.45, 2.75) is 109 Å². The first-order chi connectivity index (χ1) is 69.4. The predicted octanol–water partition coefficient (Wildman–Crippen LogP) is 14.5. The lowest BCUT2D eigenvalue weighted by Crippen LogP contribution is -2.46. The lowest BCUT2D eigenvalue weighted by atomic mass is 10.0. The third-order valence-corrected chi connectivity index (χ3v) is 28.4. The van der Waals surface area contributed by atoms with Crippen molar-refractivity contribution < 1.29 is 69.4 Å². The van der Waals surface area contributed by atoms with Gasteiger partial charge in [-0.25, -0.2) is 46.7 Å². The lowest BCUT2D eigenvalue weighted by molar-refractivity contribution is -0.119. The Bertz CT molecular complexity index is 7030. The summed E-state index contributed by atoms with van der Waals surface area (Å²) in [7, 11) is -5.64. The Morgan fingerprint density at radius 3 is 1.21 bits per heavy atom. The number of benzene rings is 3. The Morgan fingerprint density at radius 2 is 0.814 bits per heavy atom. The van der Waals surface area contributed by atoms with E-state index in [4.69, 9.17) is 29.9 Å². The minimum atomic E-state index is -3.53. The van der Waals surface area contributed by atoms with E-state index in [-0.39, 0.29) is 77.9 Å². The molecule has 0 bridgehead atoms. The van der Waals surface area contributed by atoms with Gasteiger partial charge in [0.05, 0.1) is 89.5 Å². The number of thioether (sulfide) groups is 2. The van der Waals surface area contributed by atoms with Gasteiger partial charge in [0.1, 0.15) is 41.1 Å². The van der Waals surface area contributed by atoms with Crippen molar-refractivity contribution in [2.75, 3.05) is 120 Å². The quantitative estimate of drug-likeness (QED) is 0.0169. The Labute approximate surface area is 864 Å². The highest BCUT2D eigenvalue weighted by Crippen LogP contribution is 2.35. The van der Waals surface area contributed by atoms with Gasteiger partial charge in [0.15, 0.2) is 20.5 Å². The number of rotatable bonds is 34. The fourth-order valence-electron chi connectivity index (χ4n) is 14.9. The van der Waals surface area contributed by atoms with E-state index in [0.29, 0.717) is 73.0 Å². The number of thiazole rings is 4. The number of nitrogens with two attached hydrogens (primary N) is 1. The van der Waals surface area contributed by atoms with E-state index in [1.165, 1.54) is 89.4 Å². The molecule has 10 N–H and O–H groups in total. The highest BCUT2D eigenvalue weighted by molar-refractivity contribution is 7.98. The number of ether oxygens (including phenoxy) is 3. The lowest BCUT2D eigenvalue weighted by Gasteiger charge is -2.36. The molecule has 14 aromatic rings. The van der Waals surface area contributed by atoms with Crippen LogP contribution in [0.3, 0.4) is 0 Å². The molecule has 37 nitrogen and oxygen atoms in total. The molecule has 0 unspecified atom stereocenters. The second kappa shape index (κ2) is 50.7. The molecule has 760 valence electrons. The summed E-state index contributed by atoms with van der Waals surface area (Å²) in [5, 5.41) is 31.1. The van der Waals surface area contributed by atoms with Crippen molar-refractivity contribution in [1.82, 2.24) is 73.7 Å². The van der Waals surface area contributed by atoms with Crippen LogP contribution in [0.1, 0.15) is 103 Å². The molecule has 45 heteroatoms. The summed E-state index contributed by atoms with van der Waals surface area (Å²) >= 11 is 8.36. The van der Waals surface area contributed by atoms with Crippen LogP contribution in [-0.4, -0.2) is 242 Å². The molecular formula is C100H112N22O15S8. The van der Waals surface area contributed by atoms with E-state index in [2.05, 4.69) is 123 Å². The molecule has 0 aliphatic carbocycles. The molecule has 2 fully saturated rings. The molecule has 3 aromatic carbocycles. The molecule has 0 spiro atoms. The number of nitrogen functional groups attached to an aromatic ring is 1. The summed E-state index contributed by atoms with van der Waals surface area (Å²) < 4.78 is 67.3. The number of aromatic nitrogens is 11. The fourth-order valence-corrected chi connectivity index (χ4v) is 19.9. The van der Waals surface area contributed by atoms with Gasteiger partial charge >= 0.3 is 0 Å². The maximum absolute atomic E-state index is 13.1. The van der Waals surface area contributed by atoms with E-state index in [1.54, 1.807) is 90.2 Å². The van der Waals surface area contributed by atoms with Crippen molar-refractivity contribution >= 4 is 174 Å². The van der Waals surface area contributed by atoms with Gasteiger partial charge in [-0.05, 0) is 211 Å². The van der Waals surface area contributed by atoms with E-state index in [0.717, 1.165) is 114 Å². The Kier molecular flexibility index (Phi) is 37.9. The maximum Gasteiger partial charge on any atom is 0.253 e. The number of hydrogen-bond acceptors (Lipinski definition) is 32. The Hall–Kier alpha value is -13.7. The number of pyridine rings is 4. The van der Waals surface area contributed by atoms with Gasteiger partial charge in [0.2, 0.25) is 37.8 Å². The van der Waals surface area contributed by atoms with Crippen molar-refractivity contribution in [3.63, 3.8) is 0 Å². The normalized spacial score (nSPS) is 15.2. The standard InChI is InChI=1S/C26H25N5O2S2.C25H32N6O3S.C25H25N5O4S3.C24H30N6O6S2/c1-34-14-11-22(29-24(32)18-5-7-21(27)8-6-18)25(33)31-26-30-23(16-35-26)20-4-2-3-19(15-20)17-9-12-28-13-10-17;1-16-12-30(13-17(2)34-16)21-8-6-7-19(27-21)20-15-35-24(28-20)29-22(32)11-26-23(33)18-9-10-31(14-18)25(3,4)5;1-35-13-9-21(27-23(31)20-8-12-30(15-20)37(2,33)34)24(32)29-25-28-22(16-36-25)19-5-3-4-18(14-19)17-6-10-26-11-7-17;1-15-10-29(11-16(2)36-15)21-7-5-6-18(25-21)20-14-37-24(27-20)28-23(32)19(13-35-3)26-22(31)17-8-9-30(12-17)38(4,33)34/h2-10,12-13,15-16,22H,11,14,27H2,1H3,(H,29,32)(H,30,31,33);6-10,14-17H,11-13H2,1-5H3,(H,26,33)(H,28,29,32);3-8,10-12,14-16,21H,9,13H2,1-2H3,(H,27,31)(H,28,29,32);5-9,12,14-16,19H,10-11,13H2,1-4H3,(H,26,31)(H,27,28,32)/t22-;16-,17+;21-;15-,16+,19-/m0.00/s1. The van der Waals surface area contributed by atoms with Crippen molar-refractivity contribution in [3.05, 3.63) is 257 Å². The van der Waals surface area contributed by atoms with Gasteiger partial charge in [-0.15, -0.1) is 45.3 Å². The summed E-state index contributed by atoms with van der Waals surface area (Å²) in [6.07, 6.45) is 22.9. The number of hydrogen-bond donors (Lipinski definition) is 9. The summed E-state index contributed by atoms with van der Waals surface area (Å²) in [5.74, 6) is -0.233. The molecule has 0 radical (unpaired) electrons. The summed E-state index contributed by atoms with van der Waals surface area (Å²) in [6, 6.07) is 43.9. The van der Waals surface area contributed by atoms with Crippen LogP contribution in [0.5, 0.6) is 0 Å². The average molecular weight is 2120 g/mol. The smallest absolute Gasteiger partial charge is 0.253 e. The molecule has 2 aliphatic heterocycles. The third kappa shape index (κ3) is 31.4. The van der Waals surface area contributed by atoms with Gasteiger partial charge in [-0.2, -0.15) is 23.5 Å². The number of anilines is 7. The van der Waals surface area contributed by atoms with Crippen LogP contribution in [0.15, 0.2) is 235 Å². The first kappa shape index (κ1) is 109. The number of nitrogens with zero attached hydrogens (tertiary/aromatic N) is 13. The number of carbonyl (C=O) groups is 8. The van der Waals surface area contributed by atoms with Gasteiger partial charge in [0.25, 0.3) is 29.5 Å². The van der Waals surface area contributed by atoms with Crippen molar-refractivity contribution in [3.8, 4) is 67.5 Å². The monoisotopic (exact) mass is 2120 g/mol. The largest absolute Gasteiger partial charge is 0.399 e. The Balaban J connectivity index is 0.000000162. The molecule has 145 heavy (non-hydrogen) atoms. The first-order valence-corrected chi connectivity index (χ1v) is 55.7. The molecule has 2 saturated heterocycles. The molecule has 13 heterocycles. The first-order valence-electron chi connectivity index (χ1n) is 45.7. The molecule has 11 aromatic heterocycles. The number of morpholine rings is 2. The van der Waals surface area contributed by atoms with Crippen LogP contribution in [0, 0.1) is 0 Å². The molecule has 2 aliphatic rings. The van der Waals surface area contributed by atoms with Gasteiger partial charge in [-0.3, -0.25) is 56.3 Å². The van der Waals surface area contributed by atoms with Crippen LogP contribution in [0.25, 0.3) is 67.5 Å². The van der Waals surface area contributed by atoms with Gasteiger partial charge < -0.3 is 76.8 Å². The highest BCUT2D eigenvalue weighted by atomic mass is 32.2. The van der Waals surface area contributed by atoms with E-state index >= 15 is 0 Å². The van der Waals surface area contributed by atoms with Gasteiger partial charge in [-0.1, -0.05) is 48.5 Å². The summed E-state index contributed by atoms with van der Waals surface area (Å²) in [5.41, 5.74) is 17.6. The zero-order valence-electron chi connectivity index (χ0n) is 81.4. The minimum Gasteiger partial charge on any atom is -0.399 e. The summed E-state index contributed by atoms with van der Waals surface area (Å²) in [4.78, 5) is 142. The van der Waals surface area contributed by atoms with E-state index in [1.807, 2.05) is 156 Å². The maximum atomic E-state index is 13.1. The zero-order valence-corrected chi connectivity index (χ0v) is 87.9. The number of methoxy groups -OCH3 is 1. The number of nitrogens with one attached hydrogen (secondary N) is 8. The average Bonchev–Trinajstić information content (AvgIpc) is 1.72. The van der Waals surface area contributed by atoms with Crippen molar-refractivity contribution in [2.24, 2.45) is 0 Å². The fraction of sp³-hybridized carbons (Fsp3) is 0.300. The van der Waals surface area contributed by atoms with E-state index in [9.17, 15) is 55.2 Å². The number of carbonyl (C=O) groups excluding carboxylic acids is 8. The van der Waals surface area contributed by atoms with Crippen LogP contribution in [0.2, 0.25) is 0 Å². The SMILES string of the molecule is COC[C@H](NC(=O)c1ccn(S(C)(=O)=O)c1)C(=O)Nc1nc(-c2cccc(N3C[C@@H](C)O[C@@H](C)C3)n2)cs1.CSCC[C@H](NC(=O)c1ccc(N)cc1)C(=O)Nc1nc(-c2cccc(-c3ccncc3)c2)cs1.CSCC[C@H](NC(=O)c1ccn(S(C)(=O)=O)c1)C(=O)Nc1nc(-c2cccc(-c3ccncc3)c2)cs1.C[C@@H]1CN(c2cccc(-c3csc(NC(=O)CNC(=O)c4ccn(C(C)(C)C)c4)n3)n2)C[C@H](C)O1. The summed E-state index contributed by atoms with van der Waals surface area (Å²) in [6.45, 7) is 17.2. The topological polar surface area (TPSA) is 479 Å². The van der Waals surface area contributed by atoms with Crippen molar-refractivity contribution in [1.29, 1.82) is 0 Å². The van der Waals surface area contributed by atoms with Gasteiger partial charge in [0, 0.05) is 145 Å². The molecule has 0 saturated carbocycles. The van der Waals surface area contributed by atoms with E-state index < -0.39 is 61.8 Å². The van der Waals surface area contributed by atoms with Crippen LogP contribution in [0.4, 0.5) is 37.8 Å². The molecule has 16 rings (SSSR count). The number of amides is 8. The third-order valence-electron chi connectivity index (χ3n) is 22.1. The predicted molar refractivity (Wildman–Crippen MR) is 575 cm³/mol. The Morgan fingerprint density at radius 1 is 0.441 bits per heavy atom. The molecule has 7 atom stereocenters. The molecule has 8 amide bonds. The minimum absolute atomic E-state index is 0.0934. The molecular weight excluding hydrogens is 2010 g/mol. The van der Waals surface area contributed by atoms with Crippen LogP contribution < -0.4 is 58.1 Å². The second-order valence-electron chi connectivity index (χ2n) is 34.8. The van der Waals surface area contributed by atoms with Crippen LogP contribution >= 0.6 is 68.9 Å². The zero-order chi connectivity index (χ0) is 104. The second-order valence-corrected chi connectivity index (χ2v) is 43.9.